The van der Waals surface area contributed by atoms with Crippen LogP contribution in [0.5, 0.6) is 5.75 Å². The van der Waals surface area contributed by atoms with Crippen LogP contribution in [0.4, 0.5) is 5.82 Å². The molecule has 1 amide bonds. The van der Waals surface area contributed by atoms with Crippen LogP contribution in [0.25, 0.3) is 22.2 Å². The molecule has 7 nitrogen and oxygen atoms in total. The van der Waals surface area contributed by atoms with E-state index in [0.29, 0.717) is 41.2 Å². The van der Waals surface area contributed by atoms with Crippen LogP contribution in [0.15, 0.2) is 61.2 Å². The highest BCUT2D eigenvalue weighted by Gasteiger charge is 2.24. The van der Waals surface area contributed by atoms with Gasteiger partial charge in [-0.25, -0.2) is 9.97 Å². The van der Waals surface area contributed by atoms with Crippen LogP contribution in [-0.2, 0) is 6.54 Å². The monoisotopic (exact) mass is 387 g/mol. The molecule has 0 aliphatic carbocycles. The number of aromatic nitrogens is 3. The zero-order chi connectivity index (χ0) is 20.4. The first-order valence-corrected chi connectivity index (χ1v) is 9.19. The van der Waals surface area contributed by atoms with Gasteiger partial charge in [0, 0.05) is 12.1 Å². The summed E-state index contributed by atoms with van der Waals surface area (Å²) in [6.07, 6.45) is 1.61. The fourth-order valence-corrected chi connectivity index (χ4v) is 3.36. The molecule has 0 aliphatic heterocycles. The Labute approximate surface area is 167 Å². The Morgan fingerprint density at radius 1 is 1.17 bits per heavy atom. The van der Waals surface area contributed by atoms with Gasteiger partial charge in [-0.1, -0.05) is 36.4 Å². The fraction of sp³-hybridized carbons (Fsp3) is 0.136. The molecule has 0 spiro atoms. The minimum atomic E-state index is -0.309. The summed E-state index contributed by atoms with van der Waals surface area (Å²) in [7, 11) is 1.62. The summed E-state index contributed by atoms with van der Waals surface area (Å²) in [5.41, 5.74) is 10.1. The van der Waals surface area contributed by atoms with E-state index in [1.54, 1.807) is 17.8 Å². The van der Waals surface area contributed by atoms with E-state index in [9.17, 15) is 4.79 Å². The number of methoxy groups -OCH3 is 1. The van der Waals surface area contributed by atoms with E-state index in [1.807, 2.05) is 48.5 Å². The third-order valence-corrected chi connectivity index (χ3v) is 4.75. The fourth-order valence-electron chi connectivity index (χ4n) is 3.36. The number of nitrogen functional groups attached to an aromatic ring is 1. The van der Waals surface area contributed by atoms with Crippen molar-refractivity contribution >= 4 is 33.9 Å². The zero-order valence-electron chi connectivity index (χ0n) is 16.1. The van der Waals surface area contributed by atoms with Gasteiger partial charge in [0.2, 0.25) is 0 Å². The van der Waals surface area contributed by atoms with Gasteiger partial charge in [0.05, 0.1) is 24.7 Å². The van der Waals surface area contributed by atoms with Crippen LogP contribution in [0, 0.1) is 0 Å². The minimum absolute atomic E-state index is 0.308. The Bertz CT molecular complexity index is 1230. The first-order chi connectivity index (χ1) is 14.1. The Morgan fingerprint density at radius 2 is 1.86 bits per heavy atom. The second-order valence-corrected chi connectivity index (χ2v) is 6.54. The first kappa shape index (κ1) is 18.5. The SMILES string of the molecule is C=CCNC(=O)c1c(N)n(Cc2ccccc2OC)c2nc3ccccc3nc12. The molecule has 0 fully saturated rings. The molecule has 4 rings (SSSR count). The van der Waals surface area contributed by atoms with E-state index in [4.69, 9.17) is 20.4 Å². The molecule has 0 bridgehead atoms. The number of carbonyl (C=O) groups is 1. The summed E-state index contributed by atoms with van der Waals surface area (Å²) in [4.78, 5) is 22.3. The van der Waals surface area contributed by atoms with Crippen LogP contribution in [0.3, 0.4) is 0 Å². The lowest BCUT2D eigenvalue weighted by Gasteiger charge is -2.11. The summed E-state index contributed by atoms with van der Waals surface area (Å²) in [6.45, 7) is 4.37. The topological polar surface area (TPSA) is 95.1 Å². The van der Waals surface area contributed by atoms with Crippen molar-refractivity contribution in [1.29, 1.82) is 0 Å². The number of nitrogens with zero attached hydrogens (tertiary/aromatic N) is 3. The maximum Gasteiger partial charge on any atom is 0.257 e. The number of para-hydroxylation sites is 3. The predicted octanol–water partition coefficient (Wildman–Crippen LogP) is 3.14. The summed E-state index contributed by atoms with van der Waals surface area (Å²) in [5, 5.41) is 2.79. The highest BCUT2D eigenvalue weighted by molar-refractivity contribution is 6.10. The van der Waals surface area contributed by atoms with Crippen molar-refractivity contribution in [3.63, 3.8) is 0 Å². The van der Waals surface area contributed by atoms with Gasteiger partial charge < -0.3 is 20.4 Å². The molecule has 2 heterocycles. The Balaban J connectivity index is 1.95. The zero-order valence-corrected chi connectivity index (χ0v) is 16.1. The maximum absolute atomic E-state index is 12.8. The van der Waals surface area contributed by atoms with E-state index < -0.39 is 0 Å². The molecule has 0 saturated carbocycles. The molecule has 29 heavy (non-hydrogen) atoms. The van der Waals surface area contributed by atoms with Crippen molar-refractivity contribution < 1.29 is 9.53 Å². The van der Waals surface area contributed by atoms with Crippen LogP contribution in [0.2, 0.25) is 0 Å². The Kier molecular flexibility index (Phi) is 4.87. The lowest BCUT2D eigenvalue weighted by Crippen LogP contribution is -2.24. The second kappa shape index (κ2) is 7.63. The Hall–Kier alpha value is -3.87. The lowest BCUT2D eigenvalue weighted by atomic mass is 10.2. The van der Waals surface area contributed by atoms with Gasteiger partial charge in [-0.05, 0) is 18.2 Å². The maximum atomic E-state index is 12.8. The number of hydrogen-bond donors (Lipinski definition) is 2. The number of hydrogen-bond acceptors (Lipinski definition) is 5. The highest BCUT2D eigenvalue weighted by Crippen LogP contribution is 2.30. The van der Waals surface area contributed by atoms with Crippen molar-refractivity contribution in [1.82, 2.24) is 19.9 Å². The predicted molar refractivity (Wildman–Crippen MR) is 114 cm³/mol. The molecule has 0 unspecified atom stereocenters. The first-order valence-electron chi connectivity index (χ1n) is 9.19. The van der Waals surface area contributed by atoms with Crippen molar-refractivity contribution in [2.45, 2.75) is 6.54 Å². The van der Waals surface area contributed by atoms with Crippen molar-refractivity contribution in [2.75, 3.05) is 19.4 Å². The molecule has 0 radical (unpaired) electrons. The normalized spacial score (nSPS) is 10.9. The molecule has 7 heteroatoms. The van der Waals surface area contributed by atoms with E-state index in [-0.39, 0.29) is 5.91 Å². The van der Waals surface area contributed by atoms with Gasteiger partial charge in [-0.3, -0.25) is 4.79 Å². The number of fused-ring (bicyclic) bond motifs is 2. The summed E-state index contributed by atoms with van der Waals surface area (Å²) >= 11 is 0. The number of rotatable bonds is 6. The number of nitrogens with one attached hydrogen (secondary N) is 1. The molecular formula is C22H21N5O2. The molecule has 0 atom stereocenters. The number of nitrogens with two attached hydrogens (primary N) is 1. The molecule has 0 aliphatic rings. The largest absolute Gasteiger partial charge is 0.496 e. The molecule has 2 aromatic heterocycles. The second-order valence-electron chi connectivity index (χ2n) is 6.54. The molecular weight excluding hydrogens is 366 g/mol. The van der Waals surface area contributed by atoms with E-state index in [1.165, 1.54) is 0 Å². The lowest BCUT2D eigenvalue weighted by molar-refractivity contribution is 0.0960. The number of anilines is 1. The van der Waals surface area contributed by atoms with E-state index in [2.05, 4.69) is 11.9 Å². The Morgan fingerprint density at radius 3 is 2.59 bits per heavy atom. The average Bonchev–Trinajstić information content (AvgIpc) is 3.01. The molecule has 2 aromatic carbocycles. The number of ether oxygens (including phenoxy) is 1. The summed E-state index contributed by atoms with van der Waals surface area (Å²) < 4.78 is 7.27. The van der Waals surface area contributed by atoms with Gasteiger partial charge >= 0.3 is 0 Å². The molecule has 0 saturated heterocycles. The van der Waals surface area contributed by atoms with Crippen LogP contribution < -0.4 is 15.8 Å². The quantitative estimate of drug-likeness (QED) is 0.496. The van der Waals surface area contributed by atoms with Gasteiger partial charge in [0.1, 0.15) is 22.6 Å². The smallest absolute Gasteiger partial charge is 0.257 e. The van der Waals surface area contributed by atoms with E-state index >= 15 is 0 Å². The van der Waals surface area contributed by atoms with Gasteiger partial charge in [-0.2, -0.15) is 0 Å². The van der Waals surface area contributed by atoms with Crippen LogP contribution in [0.1, 0.15) is 15.9 Å². The van der Waals surface area contributed by atoms with Gasteiger partial charge in [0.25, 0.3) is 5.91 Å². The highest BCUT2D eigenvalue weighted by atomic mass is 16.5. The minimum Gasteiger partial charge on any atom is -0.496 e. The van der Waals surface area contributed by atoms with Crippen molar-refractivity contribution in [3.8, 4) is 5.75 Å². The van der Waals surface area contributed by atoms with Crippen molar-refractivity contribution in [3.05, 3.63) is 72.3 Å². The summed E-state index contributed by atoms with van der Waals surface area (Å²) in [6, 6.07) is 15.2. The number of carbonyl (C=O) groups excluding carboxylic acids is 1. The standard InChI is InChI=1S/C22H21N5O2/c1-3-12-24-22(28)18-19-21(26-16-10-6-5-9-15(16)25-19)27(20(18)23)13-14-8-4-7-11-17(14)29-2/h3-11H,1,12-13,23H2,2H3,(H,24,28). The van der Waals surface area contributed by atoms with Crippen molar-refractivity contribution in [2.24, 2.45) is 0 Å². The number of amides is 1. The molecule has 4 aromatic rings. The van der Waals surface area contributed by atoms with Crippen LogP contribution in [-0.4, -0.2) is 34.1 Å². The molecule has 3 N–H and O–H groups in total. The summed E-state index contributed by atoms with van der Waals surface area (Å²) in [5.74, 6) is 0.735. The average molecular weight is 387 g/mol. The third-order valence-electron chi connectivity index (χ3n) is 4.75. The van der Waals surface area contributed by atoms with Gasteiger partial charge in [0.15, 0.2) is 5.65 Å². The van der Waals surface area contributed by atoms with Gasteiger partial charge in [-0.15, -0.1) is 6.58 Å². The van der Waals surface area contributed by atoms with Crippen LogP contribution >= 0.6 is 0 Å². The number of benzene rings is 2. The molecule has 146 valence electrons. The van der Waals surface area contributed by atoms with E-state index in [0.717, 1.165) is 16.8 Å². The third kappa shape index (κ3) is 3.27.